The predicted molar refractivity (Wildman–Crippen MR) is 123 cm³/mol. The molecule has 33 heavy (non-hydrogen) atoms. The van der Waals surface area contributed by atoms with E-state index in [2.05, 4.69) is 5.32 Å². The van der Waals surface area contributed by atoms with Crippen molar-refractivity contribution in [2.24, 2.45) is 11.8 Å². The number of Topliss-reactive ketones (excluding diaryl/α,β-unsaturated/α-hetero) is 1. The minimum Gasteiger partial charge on any atom is -0.468 e. The lowest BCUT2D eigenvalue weighted by Gasteiger charge is -2.38. The molecule has 0 unspecified atom stereocenters. The third kappa shape index (κ3) is 5.03. The summed E-state index contributed by atoms with van der Waals surface area (Å²) in [7, 11) is 1.29. The van der Waals surface area contributed by atoms with Crippen LogP contribution in [-0.2, 0) is 28.6 Å². The normalized spacial score (nSPS) is 22.6. The Morgan fingerprint density at radius 2 is 1.85 bits per heavy atom. The van der Waals surface area contributed by atoms with Crippen molar-refractivity contribution in [2.45, 2.75) is 46.5 Å². The molecule has 1 N–H and O–H groups in total. The van der Waals surface area contributed by atoms with Gasteiger partial charge >= 0.3 is 11.9 Å². The first-order valence-electron chi connectivity index (χ1n) is 11.4. The average molecular weight is 456 g/mol. The number of ether oxygens (including phenoxy) is 3. The number of rotatable bonds is 8. The molecule has 7 nitrogen and oxygen atoms in total. The Hall–Kier alpha value is -2.93. The summed E-state index contributed by atoms with van der Waals surface area (Å²) in [4.78, 5) is 39.4. The highest BCUT2D eigenvalue weighted by atomic mass is 16.6. The first-order valence-corrected chi connectivity index (χ1v) is 11.4. The Labute approximate surface area is 195 Å². The molecule has 1 aromatic rings. The molecule has 2 aliphatic rings. The van der Waals surface area contributed by atoms with E-state index in [9.17, 15) is 14.4 Å². The summed E-state index contributed by atoms with van der Waals surface area (Å²) in [5.74, 6) is -3.10. The van der Waals surface area contributed by atoms with Gasteiger partial charge in [-0.25, -0.2) is 4.79 Å². The van der Waals surface area contributed by atoms with Crippen molar-refractivity contribution in [3.05, 3.63) is 57.9 Å². The van der Waals surface area contributed by atoms with Gasteiger partial charge in [0.2, 0.25) is 0 Å². The Balaban J connectivity index is 2.03. The number of nitrogens with one attached hydrogen (secondary N) is 1. The molecule has 0 spiro atoms. The standard InChI is InChI=1S/C26H33NO6/c1-6-11-32-12-13-33-26(30)21-17(4)27-19-14-16(3)20(25(29)31-5)24(28)23(19)22(21)18-10-8-7-9-15(18)2/h7-10,16,20,22,27H,6,11-14H2,1-5H3/t16-,20-,22+/m1/s1. The molecule has 7 heteroatoms. The van der Waals surface area contributed by atoms with Gasteiger partial charge in [0.1, 0.15) is 12.5 Å². The van der Waals surface area contributed by atoms with E-state index in [1.807, 2.05) is 52.0 Å². The van der Waals surface area contributed by atoms with Gasteiger partial charge in [0.25, 0.3) is 0 Å². The van der Waals surface area contributed by atoms with Crippen LogP contribution in [0.5, 0.6) is 0 Å². The quantitative estimate of drug-likeness (QED) is 0.364. The van der Waals surface area contributed by atoms with Crippen LogP contribution >= 0.6 is 0 Å². The molecule has 0 saturated heterocycles. The van der Waals surface area contributed by atoms with Crippen LogP contribution in [0.2, 0.25) is 0 Å². The number of benzene rings is 1. The highest BCUT2D eigenvalue weighted by molar-refractivity contribution is 6.12. The van der Waals surface area contributed by atoms with Gasteiger partial charge in [-0.3, -0.25) is 9.59 Å². The SMILES string of the molecule is CCCOCCOC(=O)C1=C(C)NC2=C(C(=O)[C@H](C(=O)OC)[C@H](C)C2)[C@H]1c1ccccc1C. The zero-order valence-corrected chi connectivity index (χ0v) is 20.0. The van der Waals surface area contributed by atoms with Crippen molar-refractivity contribution in [2.75, 3.05) is 26.9 Å². The molecule has 1 aromatic carbocycles. The smallest absolute Gasteiger partial charge is 0.336 e. The third-order valence-corrected chi connectivity index (χ3v) is 6.27. The van der Waals surface area contributed by atoms with Gasteiger partial charge in [-0.05, 0) is 43.7 Å². The fraction of sp³-hybridized carbons (Fsp3) is 0.500. The molecular formula is C26H33NO6. The van der Waals surface area contributed by atoms with Crippen LogP contribution in [0.3, 0.4) is 0 Å². The maximum Gasteiger partial charge on any atom is 0.336 e. The van der Waals surface area contributed by atoms with Gasteiger partial charge in [-0.2, -0.15) is 0 Å². The third-order valence-electron chi connectivity index (χ3n) is 6.27. The van der Waals surface area contributed by atoms with Crippen LogP contribution in [0.1, 0.15) is 50.7 Å². The lowest BCUT2D eigenvalue weighted by atomic mass is 9.68. The molecule has 0 fully saturated rings. The number of carbonyl (C=O) groups excluding carboxylic acids is 3. The second kappa shape index (κ2) is 10.8. The Morgan fingerprint density at radius 1 is 1.12 bits per heavy atom. The highest BCUT2D eigenvalue weighted by Gasteiger charge is 2.47. The van der Waals surface area contributed by atoms with Crippen LogP contribution in [-0.4, -0.2) is 44.7 Å². The largest absolute Gasteiger partial charge is 0.468 e. The molecule has 0 radical (unpaired) electrons. The van der Waals surface area contributed by atoms with E-state index in [1.165, 1.54) is 7.11 Å². The summed E-state index contributed by atoms with van der Waals surface area (Å²) >= 11 is 0. The van der Waals surface area contributed by atoms with Crippen LogP contribution in [0.15, 0.2) is 46.8 Å². The van der Waals surface area contributed by atoms with Gasteiger partial charge < -0.3 is 19.5 Å². The fourth-order valence-electron chi connectivity index (χ4n) is 4.69. The number of hydrogen-bond donors (Lipinski definition) is 1. The zero-order valence-electron chi connectivity index (χ0n) is 20.0. The number of allylic oxidation sites excluding steroid dienone is 3. The molecule has 0 saturated carbocycles. The number of dihydropyridines is 1. The Kier molecular flexibility index (Phi) is 8.08. The van der Waals surface area contributed by atoms with Crippen molar-refractivity contribution in [3.8, 4) is 0 Å². The monoisotopic (exact) mass is 455 g/mol. The van der Waals surface area contributed by atoms with Crippen molar-refractivity contribution >= 4 is 17.7 Å². The van der Waals surface area contributed by atoms with Gasteiger partial charge in [-0.15, -0.1) is 0 Å². The number of methoxy groups -OCH3 is 1. The second-order valence-corrected chi connectivity index (χ2v) is 8.64. The molecule has 0 amide bonds. The molecule has 1 aliphatic heterocycles. The fourth-order valence-corrected chi connectivity index (χ4v) is 4.69. The summed E-state index contributed by atoms with van der Waals surface area (Å²) < 4.78 is 15.9. The zero-order chi connectivity index (χ0) is 24.1. The van der Waals surface area contributed by atoms with Crippen molar-refractivity contribution in [3.63, 3.8) is 0 Å². The number of carbonyl (C=O) groups is 3. The molecule has 0 aromatic heterocycles. The van der Waals surface area contributed by atoms with E-state index in [-0.39, 0.29) is 18.3 Å². The molecular weight excluding hydrogens is 422 g/mol. The molecule has 1 heterocycles. The lowest BCUT2D eigenvalue weighted by molar-refractivity contribution is -0.151. The Bertz CT molecular complexity index is 992. The van der Waals surface area contributed by atoms with Crippen LogP contribution in [0.25, 0.3) is 0 Å². The van der Waals surface area contributed by atoms with E-state index in [0.29, 0.717) is 36.5 Å². The topological polar surface area (TPSA) is 90.9 Å². The maximum absolute atomic E-state index is 13.7. The Morgan fingerprint density at radius 3 is 2.52 bits per heavy atom. The molecule has 3 atom stereocenters. The van der Waals surface area contributed by atoms with Crippen LogP contribution < -0.4 is 5.32 Å². The van der Waals surface area contributed by atoms with E-state index < -0.39 is 23.8 Å². The predicted octanol–water partition coefficient (Wildman–Crippen LogP) is 3.58. The second-order valence-electron chi connectivity index (χ2n) is 8.64. The van der Waals surface area contributed by atoms with Crippen LogP contribution in [0.4, 0.5) is 0 Å². The number of esters is 2. The van der Waals surface area contributed by atoms with Gasteiger partial charge in [-0.1, -0.05) is 38.1 Å². The minimum absolute atomic E-state index is 0.123. The summed E-state index contributed by atoms with van der Waals surface area (Å²) in [5.41, 5.74) is 4.01. The first kappa shape index (κ1) is 24.7. The van der Waals surface area contributed by atoms with Crippen molar-refractivity contribution in [1.82, 2.24) is 5.32 Å². The molecule has 0 bridgehead atoms. The van der Waals surface area contributed by atoms with E-state index in [4.69, 9.17) is 14.2 Å². The summed E-state index contributed by atoms with van der Waals surface area (Å²) in [6.07, 6.45) is 1.39. The minimum atomic E-state index is -0.903. The van der Waals surface area contributed by atoms with Gasteiger partial charge in [0, 0.05) is 29.5 Å². The van der Waals surface area contributed by atoms with E-state index in [0.717, 1.165) is 23.2 Å². The average Bonchev–Trinajstić information content (AvgIpc) is 2.78. The maximum atomic E-state index is 13.7. The lowest BCUT2D eigenvalue weighted by Crippen LogP contribution is -2.43. The first-order chi connectivity index (χ1) is 15.8. The van der Waals surface area contributed by atoms with Crippen molar-refractivity contribution < 1.29 is 28.6 Å². The van der Waals surface area contributed by atoms with Crippen molar-refractivity contribution in [1.29, 1.82) is 0 Å². The number of aryl methyl sites for hydroxylation is 1. The highest BCUT2D eigenvalue weighted by Crippen LogP contribution is 2.46. The van der Waals surface area contributed by atoms with Gasteiger partial charge in [0.05, 0.1) is 19.3 Å². The molecule has 178 valence electrons. The van der Waals surface area contributed by atoms with Gasteiger partial charge in [0.15, 0.2) is 5.78 Å². The summed E-state index contributed by atoms with van der Waals surface area (Å²) in [5, 5.41) is 3.27. The summed E-state index contributed by atoms with van der Waals surface area (Å²) in [6, 6.07) is 7.66. The molecule has 1 aliphatic carbocycles. The van der Waals surface area contributed by atoms with E-state index in [1.54, 1.807) is 0 Å². The van der Waals surface area contributed by atoms with E-state index >= 15 is 0 Å². The number of hydrogen-bond acceptors (Lipinski definition) is 7. The molecule has 3 rings (SSSR count). The van der Waals surface area contributed by atoms with Crippen LogP contribution in [0, 0.1) is 18.8 Å². The number of ketones is 1. The summed E-state index contributed by atoms with van der Waals surface area (Å²) in [6.45, 7) is 8.68.